The zero-order valence-electron chi connectivity index (χ0n) is 40.1. The van der Waals surface area contributed by atoms with Gasteiger partial charge in [0.15, 0.2) is 0 Å². The van der Waals surface area contributed by atoms with Gasteiger partial charge in [-0.3, -0.25) is 4.79 Å². The van der Waals surface area contributed by atoms with Crippen LogP contribution < -0.4 is 5.32 Å². The number of aliphatic hydroxyl groups is 3. The maximum atomic E-state index is 12.5. The molecule has 0 spiro atoms. The Bertz CT molecular complexity index is 974. The number of hydrogen-bond donors (Lipinski definition) is 4. The van der Waals surface area contributed by atoms with Gasteiger partial charge in [-0.25, -0.2) is 0 Å². The molecule has 0 bridgehead atoms. The SMILES string of the molecule is CCCCCCCCCCC/C=C/CC/C=C/CC/C=C/C(O)C(CO)NC(=O)C(O)CCCCCCCCCCCCC/C=C\CCCCCCCCCCCCCC. The Morgan fingerprint density at radius 1 is 0.400 bits per heavy atom. The van der Waals surface area contributed by atoms with Crippen LogP contribution in [0.4, 0.5) is 0 Å². The van der Waals surface area contributed by atoms with Crippen LogP contribution in [0.15, 0.2) is 48.6 Å². The standard InChI is InChI=1S/C55H103NO4/c1-3-5-7-9-11-13-15-17-19-21-23-24-25-26-27-28-29-30-32-34-36-38-40-42-44-46-48-50-54(59)55(60)56-52(51-57)53(58)49-47-45-43-41-39-37-35-33-31-22-20-18-16-14-12-10-8-6-4-2/h26-27,31,33,39,41,47,49,52-54,57-59H,3-25,28-30,32,34-38,40,42-46,48,50-51H2,1-2H3,(H,56,60)/b27-26-,33-31+,41-39+,49-47+. The summed E-state index contributed by atoms with van der Waals surface area (Å²) in [6.45, 7) is 4.18. The average molecular weight is 842 g/mol. The second kappa shape index (κ2) is 50.0. The summed E-state index contributed by atoms with van der Waals surface area (Å²) in [6.07, 6.45) is 66.0. The van der Waals surface area contributed by atoms with Crippen LogP contribution in [0.5, 0.6) is 0 Å². The smallest absolute Gasteiger partial charge is 0.249 e. The summed E-state index contributed by atoms with van der Waals surface area (Å²) in [5, 5.41) is 33.3. The highest BCUT2D eigenvalue weighted by molar-refractivity contribution is 5.80. The van der Waals surface area contributed by atoms with Crippen molar-refractivity contribution in [2.24, 2.45) is 0 Å². The molecule has 0 aliphatic heterocycles. The second-order valence-electron chi connectivity index (χ2n) is 18.1. The molecule has 0 rings (SSSR count). The highest BCUT2D eigenvalue weighted by atomic mass is 16.3. The van der Waals surface area contributed by atoms with E-state index < -0.39 is 24.2 Å². The van der Waals surface area contributed by atoms with E-state index in [9.17, 15) is 20.1 Å². The van der Waals surface area contributed by atoms with E-state index in [2.05, 4.69) is 55.6 Å². The normalized spacial score (nSPS) is 13.8. The molecule has 0 aliphatic rings. The number of hydrogen-bond acceptors (Lipinski definition) is 4. The number of rotatable bonds is 48. The Labute approximate surface area is 374 Å². The van der Waals surface area contributed by atoms with E-state index in [0.29, 0.717) is 6.42 Å². The summed E-state index contributed by atoms with van der Waals surface area (Å²) in [5.41, 5.74) is 0. The minimum Gasteiger partial charge on any atom is -0.394 e. The van der Waals surface area contributed by atoms with Crippen molar-refractivity contribution >= 4 is 5.91 Å². The van der Waals surface area contributed by atoms with Gasteiger partial charge in [0.05, 0.1) is 18.8 Å². The fraction of sp³-hybridized carbons (Fsp3) is 0.836. The Balaban J connectivity index is 3.64. The maximum absolute atomic E-state index is 12.5. The van der Waals surface area contributed by atoms with Crippen molar-refractivity contribution in [3.8, 4) is 0 Å². The van der Waals surface area contributed by atoms with Crippen molar-refractivity contribution in [3.63, 3.8) is 0 Å². The van der Waals surface area contributed by atoms with Crippen molar-refractivity contribution in [2.75, 3.05) is 6.61 Å². The van der Waals surface area contributed by atoms with Gasteiger partial charge in [0.1, 0.15) is 6.10 Å². The first kappa shape index (κ1) is 58.3. The molecular formula is C55H103NO4. The molecule has 0 aromatic carbocycles. The molecule has 0 aromatic rings. The van der Waals surface area contributed by atoms with E-state index >= 15 is 0 Å². The topological polar surface area (TPSA) is 89.8 Å². The number of unbranched alkanes of at least 4 members (excludes halogenated alkanes) is 34. The fourth-order valence-corrected chi connectivity index (χ4v) is 7.98. The minimum absolute atomic E-state index is 0.382. The summed E-state index contributed by atoms with van der Waals surface area (Å²) >= 11 is 0. The zero-order chi connectivity index (χ0) is 43.7. The van der Waals surface area contributed by atoms with E-state index in [0.717, 1.165) is 44.9 Å². The van der Waals surface area contributed by atoms with Gasteiger partial charge in [-0.2, -0.15) is 0 Å². The quantitative estimate of drug-likeness (QED) is 0.0363. The van der Waals surface area contributed by atoms with Gasteiger partial charge >= 0.3 is 0 Å². The number of nitrogens with one attached hydrogen (secondary N) is 1. The Morgan fingerprint density at radius 2 is 0.683 bits per heavy atom. The summed E-state index contributed by atoms with van der Waals surface area (Å²) in [7, 11) is 0. The fourth-order valence-electron chi connectivity index (χ4n) is 7.98. The average Bonchev–Trinajstić information content (AvgIpc) is 3.25. The van der Waals surface area contributed by atoms with Crippen molar-refractivity contribution in [2.45, 2.75) is 289 Å². The van der Waals surface area contributed by atoms with Gasteiger partial charge in [0, 0.05) is 0 Å². The van der Waals surface area contributed by atoms with Gasteiger partial charge in [0.25, 0.3) is 0 Å². The Kier molecular flexibility index (Phi) is 48.6. The number of carbonyl (C=O) groups is 1. The summed E-state index contributed by atoms with van der Waals surface area (Å²) in [4.78, 5) is 12.5. The first-order chi connectivity index (χ1) is 29.6. The van der Waals surface area contributed by atoms with E-state index in [-0.39, 0.29) is 6.61 Å². The summed E-state index contributed by atoms with van der Waals surface area (Å²) < 4.78 is 0. The maximum Gasteiger partial charge on any atom is 0.249 e. The summed E-state index contributed by atoms with van der Waals surface area (Å²) in [6, 6.07) is -0.822. The molecule has 3 unspecified atom stereocenters. The molecule has 0 aromatic heterocycles. The molecule has 5 nitrogen and oxygen atoms in total. The van der Waals surface area contributed by atoms with Crippen LogP contribution in [0, 0.1) is 0 Å². The predicted molar refractivity (Wildman–Crippen MR) is 264 cm³/mol. The number of carbonyl (C=O) groups excluding carboxylic acids is 1. The van der Waals surface area contributed by atoms with E-state index in [1.165, 1.54) is 205 Å². The third-order valence-corrected chi connectivity index (χ3v) is 12.1. The molecular weight excluding hydrogens is 739 g/mol. The van der Waals surface area contributed by atoms with Gasteiger partial charge in [0.2, 0.25) is 5.91 Å². The zero-order valence-corrected chi connectivity index (χ0v) is 40.1. The lowest BCUT2D eigenvalue weighted by atomic mass is 10.0. The van der Waals surface area contributed by atoms with Gasteiger partial charge in [-0.1, -0.05) is 249 Å². The van der Waals surface area contributed by atoms with E-state index in [1.807, 2.05) is 6.08 Å². The largest absolute Gasteiger partial charge is 0.394 e. The van der Waals surface area contributed by atoms with Crippen molar-refractivity contribution < 1.29 is 20.1 Å². The van der Waals surface area contributed by atoms with Crippen LogP contribution in [0.25, 0.3) is 0 Å². The lowest BCUT2D eigenvalue weighted by Crippen LogP contribution is -2.48. The highest BCUT2D eigenvalue weighted by Gasteiger charge is 2.22. The van der Waals surface area contributed by atoms with Crippen LogP contribution in [-0.4, -0.2) is 46.1 Å². The van der Waals surface area contributed by atoms with Gasteiger partial charge in [-0.05, 0) is 70.6 Å². The number of allylic oxidation sites excluding steroid dienone is 7. The van der Waals surface area contributed by atoms with Crippen molar-refractivity contribution in [1.29, 1.82) is 0 Å². The first-order valence-electron chi connectivity index (χ1n) is 26.5. The highest BCUT2D eigenvalue weighted by Crippen LogP contribution is 2.16. The monoisotopic (exact) mass is 842 g/mol. The molecule has 60 heavy (non-hydrogen) atoms. The third kappa shape index (κ3) is 44.4. The molecule has 0 fully saturated rings. The summed E-state index contributed by atoms with van der Waals surface area (Å²) in [5.74, 6) is -0.516. The van der Waals surface area contributed by atoms with Gasteiger partial charge in [-0.15, -0.1) is 0 Å². The molecule has 0 aliphatic carbocycles. The van der Waals surface area contributed by atoms with Crippen molar-refractivity contribution in [1.82, 2.24) is 5.32 Å². The molecule has 0 saturated carbocycles. The molecule has 0 saturated heterocycles. The van der Waals surface area contributed by atoms with E-state index in [1.54, 1.807) is 6.08 Å². The molecule has 0 heterocycles. The number of aliphatic hydroxyl groups excluding tert-OH is 3. The molecule has 5 heteroatoms. The van der Waals surface area contributed by atoms with Gasteiger partial charge < -0.3 is 20.6 Å². The molecule has 3 atom stereocenters. The van der Waals surface area contributed by atoms with Crippen LogP contribution in [-0.2, 0) is 4.79 Å². The van der Waals surface area contributed by atoms with Crippen LogP contribution >= 0.6 is 0 Å². The lowest BCUT2D eigenvalue weighted by Gasteiger charge is -2.21. The van der Waals surface area contributed by atoms with Crippen LogP contribution in [0.1, 0.15) is 271 Å². The molecule has 0 radical (unpaired) electrons. The van der Waals surface area contributed by atoms with E-state index in [4.69, 9.17) is 0 Å². The Morgan fingerprint density at radius 3 is 1.02 bits per heavy atom. The number of amides is 1. The Hall–Kier alpha value is -1.69. The molecule has 352 valence electrons. The molecule has 1 amide bonds. The van der Waals surface area contributed by atoms with Crippen LogP contribution in [0.3, 0.4) is 0 Å². The third-order valence-electron chi connectivity index (χ3n) is 12.1. The molecule has 4 N–H and O–H groups in total. The predicted octanol–water partition coefficient (Wildman–Crippen LogP) is 16.1. The second-order valence-corrected chi connectivity index (χ2v) is 18.1. The van der Waals surface area contributed by atoms with Crippen LogP contribution in [0.2, 0.25) is 0 Å². The first-order valence-corrected chi connectivity index (χ1v) is 26.5. The lowest BCUT2D eigenvalue weighted by molar-refractivity contribution is -0.131. The minimum atomic E-state index is -1.11. The van der Waals surface area contributed by atoms with Crippen molar-refractivity contribution in [3.05, 3.63) is 48.6 Å².